The average Bonchev–Trinajstić information content (AvgIpc) is 2.87. The van der Waals surface area contributed by atoms with Crippen molar-refractivity contribution in [1.29, 1.82) is 0 Å². The summed E-state index contributed by atoms with van der Waals surface area (Å²) in [6.45, 7) is 3.93. The van der Waals surface area contributed by atoms with Gasteiger partial charge in [-0.05, 0) is 31.5 Å². The first-order valence-corrected chi connectivity index (χ1v) is 9.11. The Labute approximate surface area is 150 Å². The summed E-state index contributed by atoms with van der Waals surface area (Å²) in [5, 5.41) is 2.71. The lowest BCUT2D eigenvalue weighted by atomic mass is 10.1. The largest absolute Gasteiger partial charge is 0.453 e. The van der Waals surface area contributed by atoms with Gasteiger partial charge < -0.3 is 19.9 Å². The predicted molar refractivity (Wildman–Crippen MR) is 94.9 cm³/mol. The number of amides is 3. The summed E-state index contributed by atoms with van der Waals surface area (Å²) in [5.74, 6) is -0.141. The van der Waals surface area contributed by atoms with Gasteiger partial charge in [0.25, 0.3) is 5.91 Å². The van der Waals surface area contributed by atoms with Gasteiger partial charge in [0.2, 0.25) is 5.91 Å². The van der Waals surface area contributed by atoms with Crippen LogP contribution in [0.25, 0.3) is 0 Å². The molecule has 134 valence electrons. The number of hydrogen-bond donors (Lipinski definition) is 1. The number of benzene rings is 1. The van der Waals surface area contributed by atoms with Crippen LogP contribution in [-0.2, 0) is 9.53 Å². The highest BCUT2D eigenvalue weighted by molar-refractivity contribution is 8.00. The Balaban J connectivity index is 1.72. The van der Waals surface area contributed by atoms with Crippen LogP contribution in [0.15, 0.2) is 23.1 Å². The maximum absolute atomic E-state index is 12.8. The van der Waals surface area contributed by atoms with Gasteiger partial charge in [-0.3, -0.25) is 9.59 Å². The zero-order chi connectivity index (χ0) is 18.0. The van der Waals surface area contributed by atoms with E-state index in [1.165, 1.54) is 18.9 Å². The smallest absolute Gasteiger partial charge is 0.409 e. The monoisotopic (exact) mass is 363 g/mol. The molecule has 1 fully saturated rings. The van der Waals surface area contributed by atoms with E-state index < -0.39 is 0 Å². The molecule has 1 unspecified atom stereocenters. The Morgan fingerprint density at radius 3 is 2.68 bits per heavy atom. The van der Waals surface area contributed by atoms with E-state index in [9.17, 15) is 14.4 Å². The van der Waals surface area contributed by atoms with Gasteiger partial charge in [-0.2, -0.15) is 0 Å². The van der Waals surface area contributed by atoms with Crippen LogP contribution in [0.1, 0.15) is 23.7 Å². The van der Waals surface area contributed by atoms with Crippen LogP contribution >= 0.6 is 11.8 Å². The molecule has 2 aliphatic rings. The second-order valence-electron chi connectivity index (χ2n) is 6.06. The van der Waals surface area contributed by atoms with E-state index in [-0.39, 0.29) is 23.2 Å². The second-order valence-corrected chi connectivity index (χ2v) is 7.45. The summed E-state index contributed by atoms with van der Waals surface area (Å²) < 4.78 is 4.75. The van der Waals surface area contributed by atoms with Crippen molar-refractivity contribution >= 4 is 35.4 Å². The average molecular weight is 363 g/mol. The Hall–Kier alpha value is -2.22. The number of carbonyl (C=O) groups excluding carboxylic acids is 3. The van der Waals surface area contributed by atoms with Crippen molar-refractivity contribution in [2.24, 2.45) is 0 Å². The number of nitrogens with zero attached hydrogens (tertiary/aromatic N) is 2. The first-order chi connectivity index (χ1) is 12.0. The highest BCUT2D eigenvalue weighted by Crippen LogP contribution is 2.36. The van der Waals surface area contributed by atoms with E-state index in [1.807, 2.05) is 13.0 Å². The fraction of sp³-hybridized carbons (Fsp3) is 0.471. The Kier molecular flexibility index (Phi) is 5.17. The molecule has 2 aliphatic heterocycles. The molecule has 0 bridgehead atoms. The molecule has 7 nitrogen and oxygen atoms in total. The van der Waals surface area contributed by atoms with Gasteiger partial charge in [0, 0.05) is 36.6 Å². The molecular weight excluding hydrogens is 342 g/mol. The maximum Gasteiger partial charge on any atom is 0.409 e. The molecule has 3 rings (SSSR count). The lowest BCUT2D eigenvalue weighted by Crippen LogP contribution is -2.37. The van der Waals surface area contributed by atoms with Gasteiger partial charge >= 0.3 is 6.09 Å². The number of nitrogens with one attached hydrogen (secondary N) is 1. The van der Waals surface area contributed by atoms with Crippen LogP contribution in [-0.4, -0.2) is 66.2 Å². The van der Waals surface area contributed by atoms with Gasteiger partial charge in [0.1, 0.15) is 0 Å². The van der Waals surface area contributed by atoms with Crippen molar-refractivity contribution in [3.63, 3.8) is 0 Å². The minimum absolute atomic E-state index is 0.0504. The molecule has 8 heteroatoms. The molecule has 0 spiro atoms. The summed E-state index contributed by atoms with van der Waals surface area (Å²) in [5.41, 5.74) is 1.23. The van der Waals surface area contributed by atoms with Crippen LogP contribution in [0.3, 0.4) is 0 Å². The zero-order valence-corrected chi connectivity index (χ0v) is 15.1. The van der Waals surface area contributed by atoms with E-state index in [0.29, 0.717) is 43.9 Å². The second kappa shape index (κ2) is 7.35. The number of ether oxygens (including phenoxy) is 1. The zero-order valence-electron chi connectivity index (χ0n) is 14.3. The molecule has 1 aromatic carbocycles. The summed E-state index contributed by atoms with van der Waals surface area (Å²) in [7, 11) is 1.36. The summed E-state index contributed by atoms with van der Waals surface area (Å²) in [6, 6.07) is 5.40. The third-order valence-corrected chi connectivity index (χ3v) is 5.55. The summed E-state index contributed by atoms with van der Waals surface area (Å²) in [6.07, 6.45) is 0.340. The SMILES string of the molecule is COC(=O)N1CCCN(C(=O)c2ccc3c(c2)NC(=O)C(C)S3)CC1. The van der Waals surface area contributed by atoms with Gasteiger partial charge in [0.15, 0.2) is 0 Å². The van der Waals surface area contributed by atoms with Crippen molar-refractivity contribution in [3.8, 4) is 0 Å². The number of hydrogen-bond acceptors (Lipinski definition) is 5. The van der Waals surface area contributed by atoms with Crippen molar-refractivity contribution in [2.45, 2.75) is 23.5 Å². The lowest BCUT2D eigenvalue weighted by molar-refractivity contribution is -0.115. The van der Waals surface area contributed by atoms with Crippen LogP contribution in [0, 0.1) is 0 Å². The van der Waals surface area contributed by atoms with Gasteiger partial charge in [0.05, 0.1) is 18.0 Å². The first-order valence-electron chi connectivity index (χ1n) is 8.23. The van der Waals surface area contributed by atoms with Crippen molar-refractivity contribution in [3.05, 3.63) is 23.8 Å². The number of thioether (sulfide) groups is 1. The predicted octanol–water partition coefficient (Wildman–Crippen LogP) is 2.03. The highest BCUT2D eigenvalue weighted by atomic mass is 32.2. The molecule has 25 heavy (non-hydrogen) atoms. The Morgan fingerprint density at radius 2 is 1.92 bits per heavy atom. The standard InChI is InChI=1S/C17H21N3O4S/c1-11-15(21)18-13-10-12(4-5-14(13)25-11)16(22)19-6-3-7-20(9-8-19)17(23)24-2/h4-5,10-11H,3,6-9H2,1-2H3,(H,18,21). The van der Waals surface area contributed by atoms with Gasteiger partial charge in [-0.15, -0.1) is 11.8 Å². The van der Waals surface area contributed by atoms with Gasteiger partial charge in [-0.25, -0.2) is 4.79 Å². The van der Waals surface area contributed by atoms with Crippen LogP contribution < -0.4 is 5.32 Å². The topological polar surface area (TPSA) is 79.0 Å². The molecule has 1 aromatic rings. The van der Waals surface area contributed by atoms with Crippen molar-refractivity contribution in [1.82, 2.24) is 9.80 Å². The molecule has 0 aromatic heterocycles. The Morgan fingerprint density at radius 1 is 1.20 bits per heavy atom. The molecule has 0 saturated carbocycles. The Bertz CT molecular complexity index is 709. The lowest BCUT2D eigenvalue weighted by Gasteiger charge is -2.24. The molecule has 1 N–H and O–H groups in total. The van der Waals surface area contributed by atoms with E-state index in [4.69, 9.17) is 4.74 Å². The van der Waals surface area contributed by atoms with E-state index in [0.717, 1.165) is 4.90 Å². The first kappa shape index (κ1) is 17.6. The van der Waals surface area contributed by atoms with Crippen molar-refractivity contribution in [2.75, 3.05) is 38.6 Å². The normalized spacial score (nSPS) is 20.4. The summed E-state index contributed by atoms with van der Waals surface area (Å²) >= 11 is 1.49. The third-order valence-electron chi connectivity index (χ3n) is 4.37. The number of rotatable bonds is 1. The minimum Gasteiger partial charge on any atom is -0.453 e. The summed E-state index contributed by atoms with van der Waals surface area (Å²) in [4.78, 5) is 40.6. The van der Waals surface area contributed by atoms with E-state index in [1.54, 1.807) is 21.9 Å². The number of carbonyl (C=O) groups is 3. The van der Waals surface area contributed by atoms with Crippen molar-refractivity contribution < 1.29 is 19.1 Å². The number of methoxy groups -OCH3 is 1. The number of anilines is 1. The third kappa shape index (κ3) is 3.73. The fourth-order valence-corrected chi connectivity index (χ4v) is 3.89. The van der Waals surface area contributed by atoms with Crippen LogP contribution in [0.4, 0.5) is 10.5 Å². The van der Waals surface area contributed by atoms with Crippen LogP contribution in [0.2, 0.25) is 0 Å². The molecule has 2 heterocycles. The van der Waals surface area contributed by atoms with E-state index >= 15 is 0 Å². The molecule has 1 saturated heterocycles. The molecule has 0 aliphatic carbocycles. The van der Waals surface area contributed by atoms with Crippen LogP contribution in [0.5, 0.6) is 0 Å². The van der Waals surface area contributed by atoms with Gasteiger partial charge in [-0.1, -0.05) is 0 Å². The quantitative estimate of drug-likeness (QED) is 0.826. The highest BCUT2D eigenvalue weighted by Gasteiger charge is 2.26. The minimum atomic E-state index is -0.364. The molecule has 3 amide bonds. The number of fused-ring (bicyclic) bond motifs is 1. The van der Waals surface area contributed by atoms with E-state index in [2.05, 4.69) is 5.32 Å². The molecule has 0 radical (unpaired) electrons. The molecular formula is C17H21N3O4S. The fourth-order valence-electron chi connectivity index (χ4n) is 2.96. The molecule has 1 atom stereocenters. The maximum atomic E-state index is 12.8.